The van der Waals surface area contributed by atoms with Crippen molar-refractivity contribution in [3.63, 3.8) is 0 Å². The van der Waals surface area contributed by atoms with E-state index >= 15 is 0 Å². The second-order valence-corrected chi connectivity index (χ2v) is 5.95. The number of ether oxygens (including phenoxy) is 1. The number of hydrogen-bond donors (Lipinski definition) is 0. The van der Waals surface area contributed by atoms with Crippen molar-refractivity contribution < 1.29 is 23.5 Å². The van der Waals surface area contributed by atoms with Gasteiger partial charge in [0.2, 0.25) is 11.8 Å². The smallest absolute Gasteiger partial charge is 0.309 e. The fourth-order valence-electron chi connectivity index (χ4n) is 2.67. The van der Waals surface area contributed by atoms with E-state index in [0.717, 1.165) is 0 Å². The van der Waals surface area contributed by atoms with Gasteiger partial charge in [-0.15, -0.1) is 0 Å². The van der Waals surface area contributed by atoms with Crippen molar-refractivity contribution in [3.8, 4) is 0 Å². The van der Waals surface area contributed by atoms with E-state index in [-0.39, 0.29) is 30.2 Å². The number of likely N-dealkylation sites (N-methyl/N-ethyl adjacent to an activating group) is 1. The molecule has 0 N–H and O–H groups in total. The highest BCUT2D eigenvalue weighted by Crippen LogP contribution is 2.18. The van der Waals surface area contributed by atoms with E-state index in [4.69, 9.17) is 9.15 Å². The molecule has 0 aliphatic carbocycles. The number of rotatable bonds is 6. The Bertz CT molecular complexity index is 615. The first kappa shape index (κ1) is 18.8. The number of carbonyl (C=O) groups is 3. The largest absolute Gasteiger partial charge is 0.466 e. The second kappa shape index (κ2) is 9.05. The Balaban J connectivity index is 1.78. The lowest BCUT2D eigenvalue weighted by molar-refractivity contribution is -0.151. The van der Waals surface area contributed by atoms with Crippen LogP contribution in [-0.2, 0) is 19.1 Å². The van der Waals surface area contributed by atoms with Gasteiger partial charge in [0.05, 0.1) is 25.3 Å². The van der Waals surface area contributed by atoms with Crippen LogP contribution in [0.5, 0.6) is 0 Å². The molecule has 0 bridgehead atoms. The molecule has 0 atom stereocenters. The number of esters is 1. The normalized spacial score (nSPS) is 15.4. The summed E-state index contributed by atoms with van der Waals surface area (Å²) in [6.45, 7) is 3.17. The maximum Gasteiger partial charge on any atom is 0.309 e. The quantitative estimate of drug-likeness (QED) is 0.576. The molecule has 7 heteroatoms. The van der Waals surface area contributed by atoms with Gasteiger partial charge in [-0.2, -0.15) is 0 Å². The summed E-state index contributed by atoms with van der Waals surface area (Å²) >= 11 is 0. The topological polar surface area (TPSA) is 80.1 Å². The molecule has 1 aromatic heterocycles. The molecule has 1 aliphatic heterocycles. The first-order chi connectivity index (χ1) is 12.0. The van der Waals surface area contributed by atoms with Crippen molar-refractivity contribution in [2.45, 2.75) is 19.8 Å². The predicted octanol–water partition coefficient (Wildman–Crippen LogP) is 1.55. The number of likely N-dealkylation sites (tertiary alicyclic amines) is 1. The summed E-state index contributed by atoms with van der Waals surface area (Å²) in [6.07, 6.45) is 5.66. The number of nitrogens with zero attached hydrogens (tertiary/aromatic N) is 2. The van der Waals surface area contributed by atoms with Crippen LogP contribution in [0.1, 0.15) is 25.5 Å². The van der Waals surface area contributed by atoms with E-state index in [1.54, 1.807) is 37.1 Å². The van der Waals surface area contributed by atoms with E-state index in [1.807, 2.05) is 0 Å². The lowest BCUT2D eigenvalue weighted by Crippen LogP contribution is -2.45. The standard InChI is InChI=1S/C18H24N2O5/c1-3-24-18(23)14-8-10-20(11-9-14)17(22)13-19(2)16(21)7-6-15-5-4-12-25-15/h4-7,12,14H,3,8-11,13H2,1-2H3. The molecule has 25 heavy (non-hydrogen) atoms. The van der Waals surface area contributed by atoms with E-state index in [9.17, 15) is 14.4 Å². The van der Waals surface area contributed by atoms with E-state index < -0.39 is 0 Å². The molecule has 2 amide bonds. The molecule has 1 aliphatic rings. The monoisotopic (exact) mass is 348 g/mol. The molecule has 1 saturated heterocycles. The van der Waals surface area contributed by atoms with Crippen molar-refractivity contribution >= 4 is 23.9 Å². The van der Waals surface area contributed by atoms with E-state index in [1.165, 1.54) is 17.2 Å². The van der Waals surface area contributed by atoms with Crippen LogP contribution in [-0.4, -0.2) is 60.9 Å². The zero-order valence-electron chi connectivity index (χ0n) is 14.6. The Hall–Kier alpha value is -2.57. The van der Waals surface area contributed by atoms with Crippen LogP contribution in [0.4, 0.5) is 0 Å². The molecule has 1 aromatic rings. The molecule has 0 aromatic carbocycles. The van der Waals surface area contributed by atoms with Gasteiger partial charge in [0, 0.05) is 26.2 Å². The molecule has 2 heterocycles. The van der Waals surface area contributed by atoms with Crippen molar-refractivity contribution in [1.29, 1.82) is 0 Å². The summed E-state index contributed by atoms with van der Waals surface area (Å²) in [5.74, 6) is -0.144. The van der Waals surface area contributed by atoms with Crippen LogP contribution in [0.3, 0.4) is 0 Å². The first-order valence-corrected chi connectivity index (χ1v) is 8.42. The van der Waals surface area contributed by atoms with Gasteiger partial charge in [-0.05, 0) is 38.0 Å². The van der Waals surface area contributed by atoms with Gasteiger partial charge in [-0.25, -0.2) is 0 Å². The molecule has 0 saturated carbocycles. The zero-order chi connectivity index (χ0) is 18.2. The maximum atomic E-state index is 12.3. The number of piperidine rings is 1. The fraction of sp³-hybridized carbons (Fsp3) is 0.500. The minimum atomic E-state index is -0.272. The zero-order valence-corrected chi connectivity index (χ0v) is 14.6. The summed E-state index contributed by atoms with van der Waals surface area (Å²) in [5, 5.41) is 0. The molecule has 0 radical (unpaired) electrons. The molecule has 0 spiro atoms. The fourth-order valence-corrected chi connectivity index (χ4v) is 2.67. The van der Waals surface area contributed by atoms with Gasteiger partial charge in [0.25, 0.3) is 0 Å². The van der Waals surface area contributed by atoms with Crippen LogP contribution < -0.4 is 0 Å². The second-order valence-electron chi connectivity index (χ2n) is 5.95. The molecular weight excluding hydrogens is 324 g/mol. The third-order valence-corrected chi connectivity index (χ3v) is 4.15. The van der Waals surface area contributed by atoms with Crippen LogP contribution in [0.25, 0.3) is 6.08 Å². The third kappa shape index (κ3) is 5.48. The van der Waals surface area contributed by atoms with Gasteiger partial charge in [0.1, 0.15) is 5.76 Å². The van der Waals surface area contributed by atoms with Gasteiger partial charge in [-0.3, -0.25) is 14.4 Å². The summed E-state index contributed by atoms with van der Waals surface area (Å²) in [4.78, 5) is 39.1. The average Bonchev–Trinajstić information content (AvgIpc) is 3.13. The molecule has 0 unspecified atom stereocenters. The molecule has 136 valence electrons. The van der Waals surface area contributed by atoms with Gasteiger partial charge in [0.15, 0.2) is 0 Å². The lowest BCUT2D eigenvalue weighted by Gasteiger charge is -2.32. The van der Waals surface area contributed by atoms with Crippen molar-refractivity contribution in [2.24, 2.45) is 5.92 Å². The lowest BCUT2D eigenvalue weighted by atomic mass is 9.97. The Kier molecular flexibility index (Phi) is 6.80. The maximum absolute atomic E-state index is 12.3. The van der Waals surface area contributed by atoms with Gasteiger partial charge in [-0.1, -0.05) is 0 Å². The summed E-state index contributed by atoms with van der Waals surface area (Å²) in [6, 6.07) is 3.47. The number of furan rings is 1. The number of amides is 2. The Morgan fingerprint density at radius 1 is 1.36 bits per heavy atom. The Morgan fingerprint density at radius 3 is 2.68 bits per heavy atom. The SMILES string of the molecule is CCOC(=O)C1CCN(C(=O)CN(C)C(=O)C=Cc2ccco2)CC1. The van der Waals surface area contributed by atoms with Crippen LogP contribution in [0.2, 0.25) is 0 Å². The first-order valence-electron chi connectivity index (χ1n) is 8.42. The van der Waals surface area contributed by atoms with Crippen LogP contribution in [0.15, 0.2) is 28.9 Å². The molecular formula is C18H24N2O5. The summed E-state index contributed by atoms with van der Waals surface area (Å²) < 4.78 is 10.1. The van der Waals surface area contributed by atoms with Gasteiger partial charge >= 0.3 is 5.97 Å². The summed E-state index contributed by atoms with van der Waals surface area (Å²) in [7, 11) is 1.58. The van der Waals surface area contributed by atoms with Crippen LogP contribution in [0, 0.1) is 5.92 Å². The highest BCUT2D eigenvalue weighted by Gasteiger charge is 2.28. The molecule has 2 rings (SSSR count). The Labute approximate surface area is 147 Å². The van der Waals surface area contributed by atoms with Crippen molar-refractivity contribution in [1.82, 2.24) is 9.80 Å². The predicted molar refractivity (Wildman–Crippen MR) is 91.3 cm³/mol. The highest BCUT2D eigenvalue weighted by molar-refractivity contribution is 5.94. The van der Waals surface area contributed by atoms with Crippen LogP contribution >= 0.6 is 0 Å². The van der Waals surface area contributed by atoms with Crippen molar-refractivity contribution in [2.75, 3.05) is 33.3 Å². The van der Waals surface area contributed by atoms with E-state index in [2.05, 4.69) is 0 Å². The minimum absolute atomic E-state index is 0.00536. The van der Waals surface area contributed by atoms with E-state index in [0.29, 0.717) is 38.3 Å². The Morgan fingerprint density at radius 2 is 2.08 bits per heavy atom. The molecule has 7 nitrogen and oxygen atoms in total. The number of carbonyl (C=O) groups excluding carboxylic acids is 3. The minimum Gasteiger partial charge on any atom is -0.466 e. The third-order valence-electron chi connectivity index (χ3n) is 4.15. The molecule has 1 fully saturated rings. The van der Waals surface area contributed by atoms with Gasteiger partial charge < -0.3 is 19.0 Å². The average molecular weight is 348 g/mol. The highest BCUT2D eigenvalue weighted by atomic mass is 16.5. The number of hydrogen-bond acceptors (Lipinski definition) is 5. The van der Waals surface area contributed by atoms with Crippen molar-refractivity contribution in [3.05, 3.63) is 30.2 Å². The summed E-state index contributed by atoms with van der Waals surface area (Å²) in [5.41, 5.74) is 0.